The number of thioether (sulfide) groups is 1. The average Bonchev–Trinajstić information content (AvgIpc) is 2.24. The van der Waals surface area contributed by atoms with Gasteiger partial charge in [-0.25, -0.2) is 4.39 Å². The molecule has 1 aromatic carbocycles. The van der Waals surface area contributed by atoms with E-state index in [1.165, 1.54) is 23.9 Å². The van der Waals surface area contributed by atoms with Gasteiger partial charge in [-0.3, -0.25) is 4.79 Å². The Kier molecular flexibility index (Phi) is 5.28. The zero-order chi connectivity index (χ0) is 12.0. The number of carbonyl (C=O) groups excluding carboxylic acids is 1. The molecule has 88 valence electrons. The Bertz CT molecular complexity index is 360. The Labute approximate surface area is 98.6 Å². The topological polar surface area (TPSA) is 55.1 Å². The third kappa shape index (κ3) is 4.20. The van der Waals surface area contributed by atoms with Gasteiger partial charge in [0, 0.05) is 10.6 Å². The summed E-state index contributed by atoms with van der Waals surface area (Å²) in [5.41, 5.74) is 5.23. The van der Waals surface area contributed by atoms with Gasteiger partial charge in [-0.2, -0.15) is 0 Å². The van der Waals surface area contributed by atoms with Crippen molar-refractivity contribution in [1.82, 2.24) is 5.32 Å². The second-order valence-corrected chi connectivity index (χ2v) is 4.37. The van der Waals surface area contributed by atoms with E-state index < -0.39 is 0 Å². The maximum absolute atomic E-state index is 12.9. The van der Waals surface area contributed by atoms with Crippen molar-refractivity contribution in [3.8, 4) is 0 Å². The van der Waals surface area contributed by atoms with E-state index >= 15 is 0 Å². The number of amides is 1. The molecule has 1 amide bonds. The zero-order valence-electron chi connectivity index (χ0n) is 9.07. The quantitative estimate of drug-likeness (QED) is 0.741. The Morgan fingerprint density at radius 2 is 2.38 bits per heavy atom. The van der Waals surface area contributed by atoms with Crippen LogP contribution < -0.4 is 11.1 Å². The van der Waals surface area contributed by atoms with Gasteiger partial charge in [0.1, 0.15) is 5.82 Å². The molecule has 1 rings (SSSR count). The third-order valence-electron chi connectivity index (χ3n) is 2.01. The normalized spacial score (nSPS) is 12.4. The van der Waals surface area contributed by atoms with Crippen LogP contribution in [-0.2, 0) is 4.79 Å². The van der Waals surface area contributed by atoms with E-state index in [2.05, 4.69) is 5.32 Å². The summed E-state index contributed by atoms with van der Waals surface area (Å²) in [6, 6.07) is 5.90. The molecule has 1 aromatic rings. The standard InChI is InChI=1S/C11H15FN2OS/c1-2-14-10(11(13)15)7-16-9-5-3-4-8(12)6-9/h3-6,10,14H,2,7H2,1H3,(H2,13,15). The molecule has 0 aliphatic heterocycles. The van der Waals surface area contributed by atoms with Crippen LogP contribution in [0.25, 0.3) is 0 Å². The van der Waals surface area contributed by atoms with Crippen LogP contribution in [0.3, 0.4) is 0 Å². The summed E-state index contributed by atoms with van der Waals surface area (Å²) in [7, 11) is 0. The molecule has 0 heterocycles. The number of halogens is 1. The SMILES string of the molecule is CCNC(CSc1cccc(F)c1)C(N)=O. The lowest BCUT2D eigenvalue weighted by Crippen LogP contribution is -2.42. The number of hydrogen-bond donors (Lipinski definition) is 2. The van der Waals surface area contributed by atoms with Gasteiger partial charge in [0.25, 0.3) is 0 Å². The van der Waals surface area contributed by atoms with Crippen molar-refractivity contribution in [3.63, 3.8) is 0 Å². The van der Waals surface area contributed by atoms with Crippen molar-refractivity contribution in [2.24, 2.45) is 5.73 Å². The maximum Gasteiger partial charge on any atom is 0.235 e. The number of primary amides is 1. The van der Waals surface area contributed by atoms with Crippen LogP contribution in [0.15, 0.2) is 29.2 Å². The van der Waals surface area contributed by atoms with E-state index in [4.69, 9.17) is 5.73 Å². The highest BCUT2D eigenvalue weighted by Gasteiger charge is 2.13. The first-order valence-electron chi connectivity index (χ1n) is 5.04. The van der Waals surface area contributed by atoms with Gasteiger partial charge < -0.3 is 11.1 Å². The lowest BCUT2D eigenvalue weighted by Gasteiger charge is -2.13. The number of likely N-dealkylation sites (N-methyl/N-ethyl adjacent to an activating group) is 1. The summed E-state index contributed by atoms with van der Waals surface area (Å²) >= 11 is 1.41. The molecule has 5 heteroatoms. The number of hydrogen-bond acceptors (Lipinski definition) is 3. The minimum absolute atomic E-state index is 0.274. The van der Waals surface area contributed by atoms with Crippen molar-refractivity contribution in [3.05, 3.63) is 30.1 Å². The molecule has 3 nitrogen and oxygen atoms in total. The van der Waals surface area contributed by atoms with Gasteiger partial charge in [0.05, 0.1) is 6.04 Å². The Balaban J connectivity index is 2.51. The maximum atomic E-state index is 12.9. The van der Waals surface area contributed by atoms with Gasteiger partial charge in [0.2, 0.25) is 5.91 Å². The third-order valence-corrected chi connectivity index (χ3v) is 3.09. The smallest absolute Gasteiger partial charge is 0.235 e. The van der Waals surface area contributed by atoms with E-state index in [0.29, 0.717) is 12.3 Å². The molecule has 0 fully saturated rings. The summed E-state index contributed by atoms with van der Waals surface area (Å²) in [6.45, 7) is 2.58. The Morgan fingerprint density at radius 3 is 2.94 bits per heavy atom. The molecule has 0 bridgehead atoms. The molecular weight excluding hydrogens is 227 g/mol. The molecule has 0 aliphatic carbocycles. The van der Waals surface area contributed by atoms with Crippen LogP contribution in [0, 0.1) is 5.82 Å². The van der Waals surface area contributed by atoms with E-state index in [9.17, 15) is 9.18 Å². The van der Waals surface area contributed by atoms with Crippen LogP contribution >= 0.6 is 11.8 Å². The van der Waals surface area contributed by atoms with E-state index in [1.54, 1.807) is 12.1 Å². The summed E-state index contributed by atoms with van der Waals surface area (Å²) in [6.07, 6.45) is 0. The number of rotatable bonds is 6. The number of benzene rings is 1. The summed E-state index contributed by atoms with van der Waals surface area (Å²) < 4.78 is 12.9. The summed E-state index contributed by atoms with van der Waals surface area (Å²) in [5.74, 6) is -0.151. The fourth-order valence-corrected chi connectivity index (χ4v) is 2.24. The molecule has 0 aliphatic rings. The summed E-state index contributed by atoms with van der Waals surface area (Å²) in [4.78, 5) is 11.8. The lowest BCUT2D eigenvalue weighted by molar-refractivity contribution is -0.119. The second kappa shape index (κ2) is 6.50. The van der Waals surface area contributed by atoms with Gasteiger partial charge in [0.15, 0.2) is 0 Å². The highest BCUT2D eigenvalue weighted by Crippen LogP contribution is 2.19. The Hall–Kier alpha value is -1.07. The molecule has 0 saturated carbocycles. The molecule has 16 heavy (non-hydrogen) atoms. The van der Waals surface area contributed by atoms with Crippen molar-refractivity contribution in [1.29, 1.82) is 0 Å². The largest absolute Gasteiger partial charge is 0.368 e. The van der Waals surface area contributed by atoms with Crippen LogP contribution in [-0.4, -0.2) is 24.2 Å². The monoisotopic (exact) mass is 242 g/mol. The molecule has 0 radical (unpaired) electrons. The van der Waals surface area contributed by atoms with Crippen molar-refractivity contribution >= 4 is 17.7 Å². The Morgan fingerprint density at radius 1 is 1.62 bits per heavy atom. The molecule has 1 atom stereocenters. The molecule has 1 unspecified atom stereocenters. The number of nitrogens with two attached hydrogens (primary N) is 1. The number of nitrogens with one attached hydrogen (secondary N) is 1. The molecule has 0 saturated heterocycles. The minimum atomic E-state index is -0.384. The predicted molar refractivity (Wildman–Crippen MR) is 63.8 cm³/mol. The first-order valence-corrected chi connectivity index (χ1v) is 6.03. The highest BCUT2D eigenvalue weighted by molar-refractivity contribution is 7.99. The van der Waals surface area contributed by atoms with Crippen LogP contribution in [0.5, 0.6) is 0 Å². The van der Waals surface area contributed by atoms with E-state index in [0.717, 1.165) is 4.90 Å². The van der Waals surface area contributed by atoms with Crippen LogP contribution in [0.4, 0.5) is 4.39 Å². The number of carbonyl (C=O) groups is 1. The lowest BCUT2D eigenvalue weighted by atomic mass is 10.3. The van der Waals surface area contributed by atoms with Gasteiger partial charge in [-0.1, -0.05) is 13.0 Å². The molecule has 0 aromatic heterocycles. The van der Waals surface area contributed by atoms with Crippen molar-refractivity contribution < 1.29 is 9.18 Å². The van der Waals surface area contributed by atoms with Crippen molar-refractivity contribution in [2.75, 3.05) is 12.3 Å². The van der Waals surface area contributed by atoms with Gasteiger partial charge in [-0.05, 0) is 24.7 Å². The van der Waals surface area contributed by atoms with Crippen molar-refractivity contribution in [2.45, 2.75) is 17.9 Å². The average molecular weight is 242 g/mol. The first-order chi connectivity index (χ1) is 7.63. The first kappa shape index (κ1) is 13.0. The minimum Gasteiger partial charge on any atom is -0.368 e. The van der Waals surface area contributed by atoms with Crippen LogP contribution in [0.2, 0.25) is 0 Å². The second-order valence-electron chi connectivity index (χ2n) is 3.28. The fraction of sp³-hybridized carbons (Fsp3) is 0.364. The van der Waals surface area contributed by atoms with Crippen LogP contribution in [0.1, 0.15) is 6.92 Å². The predicted octanol–water partition coefficient (Wildman–Crippen LogP) is 1.38. The van der Waals surface area contributed by atoms with E-state index in [1.807, 2.05) is 6.92 Å². The molecule has 3 N–H and O–H groups in total. The van der Waals surface area contributed by atoms with Gasteiger partial charge >= 0.3 is 0 Å². The van der Waals surface area contributed by atoms with Gasteiger partial charge in [-0.15, -0.1) is 11.8 Å². The molecular formula is C11H15FN2OS. The molecule has 0 spiro atoms. The zero-order valence-corrected chi connectivity index (χ0v) is 9.89. The highest BCUT2D eigenvalue weighted by atomic mass is 32.2. The van der Waals surface area contributed by atoms with E-state index in [-0.39, 0.29) is 17.8 Å². The summed E-state index contributed by atoms with van der Waals surface area (Å²) in [5, 5.41) is 2.98. The fourth-order valence-electron chi connectivity index (χ4n) is 1.22.